The molecule has 0 aliphatic heterocycles. The molecule has 2 aromatic carbocycles. The minimum Gasteiger partial charge on any atom is -0.399 e. The minimum atomic E-state index is -0.207. The molecule has 2 nitrogen and oxygen atoms in total. The number of hydrogen-bond donors (Lipinski definition) is 1. The molecule has 0 spiro atoms. The SMILES string of the molecule is C=C(N)c1cc(Cl)ccc1COCC1(C)CC(/C=C\C)=C(Cc2ccc(F)cc2)C=C1CCP. The molecule has 2 atom stereocenters. The van der Waals surface area contributed by atoms with Gasteiger partial charge in [-0.05, 0) is 78.9 Å². The lowest BCUT2D eigenvalue weighted by atomic mass is 9.70. The largest absolute Gasteiger partial charge is 0.399 e. The first-order chi connectivity index (χ1) is 16.3. The van der Waals surface area contributed by atoms with Gasteiger partial charge in [0.05, 0.1) is 13.2 Å². The van der Waals surface area contributed by atoms with Gasteiger partial charge in [0.1, 0.15) is 5.82 Å². The number of hydrogen-bond acceptors (Lipinski definition) is 2. The standard InChI is InChI=1S/C29H34ClFNOP/c1-4-5-22-17-29(3,19-33-18-23-8-9-26(30)16-28(23)20(2)32)25(12-13-34)15-24(22)14-21-6-10-27(31)11-7-21/h4-11,15-16H,2,12-14,17-19,32,34H2,1,3H3/b5-4-. The van der Waals surface area contributed by atoms with Gasteiger partial charge in [0, 0.05) is 21.7 Å². The Morgan fingerprint density at radius 2 is 2.00 bits per heavy atom. The smallest absolute Gasteiger partial charge is 0.123 e. The Labute approximate surface area is 210 Å². The van der Waals surface area contributed by atoms with Gasteiger partial charge in [0.2, 0.25) is 0 Å². The van der Waals surface area contributed by atoms with Crippen molar-refractivity contribution in [1.29, 1.82) is 0 Å². The molecule has 3 rings (SSSR count). The van der Waals surface area contributed by atoms with Crippen LogP contribution in [-0.2, 0) is 17.8 Å². The third kappa shape index (κ3) is 6.69. The summed E-state index contributed by atoms with van der Waals surface area (Å²) in [5.41, 5.74) is 13.2. The summed E-state index contributed by atoms with van der Waals surface area (Å²) >= 11 is 6.14. The third-order valence-corrected chi connectivity index (χ3v) is 6.83. The Bertz CT molecular complexity index is 1120. The van der Waals surface area contributed by atoms with E-state index in [2.05, 4.69) is 41.0 Å². The van der Waals surface area contributed by atoms with Gasteiger partial charge in [-0.25, -0.2) is 4.39 Å². The zero-order valence-corrected chi connectivity index (χ0v) is 22.0. The van der Waals surface area contributed by atoms with E-state index in [0.29, 0.717) is 23.9 Å². The fourth-order valence-electron chi connectivity index (χ4n) is 4.51. The molecule has 0 fully saturated rings. The Morgan fingerprint density at radius 3 is 2.65 bits per heavy atom. The number of allylic oxidation sites excluding steroid dienone is 5. The molecule has 180 valence electrons. The second-order valence-corrected chi connectivity index (χ2v) is 10.1. The summed E-state index contributed by atoms with van der Waals surface area (Å²) in [5, 5.41) is 0.630. The van der Waals surface area contributed by atoms with E-state index in [4.69, 9.17) is 22.1 Å². The first kappa shape index (κ1) is 26.4. The van der Waals surface area contributed by atoms with E-state index < -0.39 is 0 Å². The number of rotatable bonds is 10. The highest BCUT2D eigenvalue weighted by molar-refractivity contribution is 7.16. The molecule has 0 heterocycles. The van der Waals surface area contributed by atoms with Gasteiger partial charge in [-0.2, -0.15) is 0 Å². The third-order valence-electron chi connectivity index (χ3n) is 6.30. The maximum atomic E-state index is 13.4. The molecule has 0 bridgehead atoms. The molecule has 0 saturated heterocycles. The van der Waals surface area contributed by atoms with Crippen LogP contribution in [0, 0.1) is 11.2 Å². The van der Waals surface area contributed by atoms with Crippen molar-refractivity contribution in [2.45, 2.75) is 39.7 Å². The summed E-state index contributed by atoms with van der Waals surface area (Å²) < 4.78 is 19.7. The minimum absolute atomic E-state index is 0.121. The quantitative estimate of drug-likeness (QED) is 0.342. The van der Waals surface area contributed by atoms with Crippen LogP contribution in [0.2, 0.25) is 5.02 Å². The van der Waals surface area contributed by atoms with Gasteiger partial charge in [0.25, 0.3) is 0 Å². The monoisotopic (exact) mass is 497 g/mol. The molecule has 1 aliphatic carbocycles. The Hall–Kier alpha value is -2.19. The molecule has 0 amide bonds. The first-order valence-corrected chi connectivity index (χ1v) is 12.8. The van der Waals surface area contributed by atoms with Gasteiger partial charge >= 0.3 is 0 Å². The zero-order chi connectivity index (χ0) is 24.7. The van der Waals surface area contributed by atoms with E-state index >= 15 is 0 Å². The predicted molar refractivity (Wildman–Crippen MR) is 146 cm³/mol. The Kier molecular flexibility index (Phi) is 9.31. The fraction of sp³-hybridized carbons (Fsp3) is 0.310. The van der Waals surface area contributed by atoms with Gasteiger partial charge in [-0.15, -0.1) is 9.24 Å². The van der Waals surface area contributed by atoms with Crippen molar-refractivity contribution in [3.63, 3.8) is 0 Å². The molecule has 2 unspecified atom stereocenters. The van der Waals surface area contributed by atoms with E-state index in [9.17, 15) is 4.39 Å². The molecule has 1 aliphatic rings. The van der Waals surface area contributed by atoms with Crippen molar-refractivity contribution < 1.29 is 9.13 Å². The van der Waals surface area contributed by atoms with Crippen LogP contribution < -0.4 is 5.73 Å². The number of nitrogens with two attached hydrogens (primary N) is 1. The number of ether oxygens (including phenoxy) is 1. The van der Waals surface area contributed by atoms with Crippen LogP contribution in [0.3, 0.4) is 0 Å². The van der Waals surface area contributed by atoms with Crippen molar-refractivity contribution in [3.8, 4) is 0 Å². The lowest BCUT2D eigenvalue weighted by Crippen LogP contribution is -2.30. The summed E-state index contributed by atoms with van der Waals surface area (Å²) in [6, 6.07) is 12.4. The van der Waals surface area contributed by atoms with Crippen LogP contribution in [0.4, 0.5) is 4.39 Å². The van der Waals surface area contributed by atoms with E-state index in [1.54, 1.807) is 0 Å². The number of halogens is 2. The summed E-state index contributed by atoms with van der Waals surface area (Å²) in [5.74, 6) is -0.207. The van der Waals surface area contributed by atoms with Gasteiger partial charge in [0.15, 0.2) is 0 Å². The second kappa shape index (κ2) is 12.0. The lowest BCUT2D eigenvalue weighted by Gasteiger charge is -2.37. The molecule has 0 saturated carbocycles. The summed E-state index contributed by atoms with van der Waals surface area (Å²) in [6.45, 7) is 9.22. The maximum absolute atomic E-state index is 13.4. The molecule has 34 heavy (non-hydrogen) atoms. The van der Waals surface area contributed by atoms with Gasteiger partial charge in [-0.3, -0.25) is 0 Å². The van der Waals surface area contributed by atoms with Crippen molar-refractivity contribution in [1.82, 2.24) is 0 Å². The van der Waals surface area contributed by atoms with Gasteiger partial charge in [-0.1, -0.05) is 67.1 Å². The highest BCUT2D eigenvalue weighted by Gasteiger charge is 2.33. The first-order valence-electron chi connectivity index (χ1n) is 11.6. The zero-order valence-electron chi connectivity index (χ0n) is 20.0. The van der Waals surface area contributed by atoms with Crippen LogP contribution in [0.1, 0.15) is 43.4 Å². The summed E-state index contributed by atoms with van der Waals surface area (Å²) in [4.78, 5) is 0. The predicted octanol–water partition coefficient (Wildman–Crippen LogP) is 7.64. The van der Waals surface area contributed by atoms with Crippen molar-refractivity contribution in [2.24, 2.45) is 11.1 Å². The average molecular weight is 498 g/mol. The molecule has 0 radical (unpaired) electrons. The van der Waals surface area contributed by atoms with Crippen LogP contribution in [0.5, 0.6) is 0 Å². The van der Waals surface area contributed by atoms with Crippen molar-refractivity contribution in [2.75, 3.05) is 12.8 Å². The number of benzene rings is 2. The molecule has 2 N–H and O–H groups in total. The van der Waals surface area contributed by atoms with E-state index in [1.807, 2.05) is 37.3 Å². The molecular weight excluding hydrogens is 464 g/mol. The fourth-order valence-corrected chi connectivity index (χ4v) is 4.99. The van der Waals surface area contributed by atoms with Crippen molar-refractivity contribution in [3.05, 3.63) is 112 Å². The summed E-state index contributed by atoms with van der Waals surface area (Å²) in [7, 11) is 2.84. The summed E-state index contributed by atoms with van der Waals surface area (Å²) in [6.07, 6.45) is 10.3. The second-order valence-electron chi connectivity index (χ2n) is 9.12. The molecule has 0 aromatic heterocycles. The topological polar surface area (TPSA) is 35.2 Å². The van der Waals surface area contributed by atoms with Gasteiger partial charge < -0.3 is 10.5 Å². The maximum Gasteiger partial charge on any atom is 0.123 e. The highest BCUT2D eigenvalue weighted by atomic mass is 35.5. The van der Waals surface area contributed by atoms with Crippen LogP contribution in [0.15, 0.2) is 84.0 Å². The van der Waals surface area contributed by atoms with E-state index in [0.717, 1.165) is 42.1 Å². The Morgan fingerprint density at radius 1 is 1.26 bits per heavy atom. The highest BCUT2D eigenvalue weighted by Crippen LogP contribution is 2.43. The van der Waals surface area contributed by atoms with E-state index in [-0.39, 0.29) is 11.2 Å². The molecule has 2 aromatic rings. The van der Waals surface area contributed by atoms with Crippen molar-refractivity contribution >= 4 is 26.5 Å². The van der Waals surface area contributed by atoms with Crippen LogP contribution in [-0.4, -0.2) is 12.8 Å². The lowest BCUT2D eigenvalue weighted by molar-refractivity contribution is 0.0575. The Balaban J connectivity index is 1.82. The normalized spacial score (nSPS) is 18.4. The average Bonchev–Trinajstić information content (AvgIpc) is 2.79. The molecule has 5 heteroatoms. The molecular formula is C29H34ClFNOP. The van der Waals surface area contributed by atoms with E-state index in [1.165, 1.54) is 28.9 Å². The van der Waals surface area contributed by atoms with Crippen LogP contribution in [0.25, 0.3) is 5.70 Å². The van der Waals surface area contributed by atoms with Crippen LogP contribution >= 0.6 is 20.8 Å².